The lowest BCUT2D eigenvalue weighted by molar-refractivity contribution is 0.516. The molecule has 4 heteroatoms. The van der Waals surface area contributed by atoms with E-state index in [4.69, 9.17) is 11.6 Å². The van der Waals surface area contributed by atoms with Crippen molar-refractivity contribution in [3.8, 4) is 0 Å². The Morgan fingerprint density at radius 2 is 2.50 bits per heavy atom. The van der Waals surface area contributed by atoms with Crippen LogP contribution in [-0.2, 0) is 0 Å². The van der Waals surface area contributed by atoms with E-state index in [9.17, 15) is 0 Å². The molecule has 0 spiro atoms. The lowest BCUT2D eigenvalue weighted by Crippen LogP contribution is -2.39. The van der Waals surface area contributed by atoms with Gasteiger partial charge in [0.2, 0.25) is 0 Å². The summed E-state index contributed by atoms with van der Waals surface area (Å²) >= 11 is 5.68. The first kappa shape index (κ1) is 7.57. The molecule has 1 heterocycles. The molecule has 0 aromatic carbocycles. The van der Waals surface area contributed by atoms with Crippen molar-refractivity contribution < 1.29 is 0 Å². The monoisotopic (exact) mass is 159 g/mol. The van der Waals surface area contributed by atoms with Gasteiger partial charge < -0.3 is 5.32 Å². The summed E-state index contributed by atoms with van der Waals surface area (Å²) in [6, 6.07) is 0. The first-order chi connectivity index (χ1) is 4.72. The molecule has 0 saturated carbocycles. The fourth-order valence-corrected chi connectivity index (χ4v) is 1.03. The van der Waals surface area contributed by atoms with E-state index in [0.29, 0.717) is 5.17 Å². The largest absolute Gasteiger partial charge is 0.355 e. The van der Waals surface area contributed by atoms with Crippen molar-refractivity contribution in [3.05, 3.63) is 11.8 Å². The smallest absolute Gasteiger partial charge is 0.175 e. The van der Waals surface area contributed by atoms with Crippen LogP contribution in [0.3, 0.4) is 0 Å². The molecule has 0 saturated heterocycles. The average molecular weight is 160 g/mol. The quantitative estimate of drug-likeness (QED) is 0.589. The summed E-state index contributed by atoms with van der Waals surface area (Å²) in [7, 11) is 1.82. The molecule has 1 rings (SSSR count). The molecule has 1 aliphatic rings. The summed E-state index contributed by atoms with van der Waals surface area (Å²) in [5.74, 6) is 0. The molecule has 0 fully saturated rings. The lowest BCUT2D eigenvalue weighted by atomic mass is 10.4. The van der Waals surface area contributed by atoms with Crippen LogP contribution in [0.2, 0.25) is 0 Å². The van der Waals surface area contributed by atoms with E-state index >= 15 is 0 Å². The van der Waals surface area contributed by atoms with Crippen molar-refractivity contribution in [2.75, 3.05) is 7.05 Å². The van der Waals surface area contributed by atoms with Gasteiger partial charge >= 0.3 is 0 Å². The third-order valence-electron chi connectivity index (χ3n) is 1.23. The van der Waals surface area contributed by atoms with E-state index < -0.39 is 0 Å². The van der Waals surface area contributed by atoms with Gasteiger partial charge in [-0.2, -0.15) is 0 Å². The van der Waals surface area contributed by atoms with Gasteiger partial charge in [0.15, 0.2) is 6.29 Å². The first-order valence-electron chi connectivity index (χ1n) is 3.08. The number of nitrogens with zero attached hydrogens (tertiary/aromatic N) is 1. The van der Waals surface area contributed by atoms with Crippen LogP contribution in [0.25, 0.3) is 0 Å². The zero-order valence-corrected chi connectivity index (χ0v) is 6.74. The Balaban J connectivity index is 2.67. The number of hydrogen-bond donors (Lipinski definition) is 2. The topological polar surface area (TPSA) is 36.4 Å². The molecule has 3 nitrogen and oxygen atoms in total. The summed E-state index contributed by atoms with van der Waals surface area (Å²) in [5.41, 5.74) is 1.03. The molecule has 0 radical (unpaired) electrons. The normalized spacial score (nSPS) is 24.9. The zero-order valence-electron chi connectivity index (χ0n) is 5.98. The van der Waals surface area contributed by atoms with Crippen LogP contribution >= 0.6 is 11.6 Å². The van der Waals surface area contributed by atoms with Crippen molar-refractivity contribution >= 4 is 16.8 Å². The maximum absolute atomic E-state index is 5.68. The minimum absolute atomic E-state index is 0.0718. The van der Waals surface area contributed by atoms with Gasteiger partial charge in [0.05, 0.1) is 0 Å². The van der Waals surface area contributed by atoms with E-state index in [1.54, 1.807) is 6.08 Å². The van der Waals surface area contributed by atoms with E-state index in [-0.39, 0.29) is 6.29 Å². The fourth-order valence-electron chi connectivity index (χ4n) is 0.766. The predicted molar refractivity (Wildman–Crippen MR) is 43.0 cm³/mol. The third kappa shape index (κ3) is 1.72. The molecule has 2 N–H and O–H groups in total. The van der Waals surface area contributed by atoms with Gasteiger partial charge in [0.1, 0.15) is 5.17 Å². The highest BCUT2D eigenvalue weighted by atomic mass is 35.5. The van der Waals surface area contributed by atoms with Crippen molar-refractivity contribution in [1.29, 1.82) is 0 Å². The second-order valence-electron chi connectivity index (χ2n) is 2.11. The van der Waals surface area contributed by atoms with Crippen molar-refractivity contribution in [2.45, 2.75) is 13.2 Å². The van der Waals surface area contributed by atoms with E-state index in [1.165, 1.54) is 0 Å². The van der Waals surface area contributed by atoms with Gasteiger partial charge in [0.25, 0.3) is 0 Å². The maximum Gasteiger partial charge on any atom is 0.175 e. The number of hydrogen-bond acceptors (Lipinski definition) is 3. The summed E-state index contributed by atoms with van der Waals surface area (Å²) in [4.78, 5) is 4.03. The first-order valence-corrected chi connectivity index (χ1v) is 3.45. The number of nitrogens with one attached hydrogen (secondary N) is 2. The summed E-state index contributed by atoms with van der Waals surface area (Å²) < 4.78 is 0. The number of aliphatic imine (C=N–C) groups is 1. The molecule has 56 valence electrons. The van der Waals surface area contributed by atoms with E-state index in [1.807, 2.05) is 14.0 Å². The second-order valence-corrected chi connectivity index (χ2v) is 2.50. The average Bonchev–Trinajstić information content (AvgIpc) is 1.85. The highest BCUT2D eigenvalue weighted by molar-refractivity contribution is 6.68. The molecule has 0 aliphatic carbocycles. The molecule has 1 atom stereocenters. The van der Waals surface area contributed by atoms with Gasteiger partial charge in [-0.15, -0.1) is 0 Å². The minimum Gasteiger partial charge on any atom is -0.355 e. The van der Waals surface area contributed by atoms with E-state index in [2.05, 4.69) is 15.6 Å². The summed E-state index contributed by atoms with van der Waals surface area (Å²) in [5, 5.41) is 6.55. The Hall–Kier alpha value is -0.540. The second kappa shape index (κ2) is 3.03. The summed E-state index contributed by atoms with van der Waals surface area (Å²) in [6.07, 6.45) is 1.72. The van der Waals surface area contributed by atoms with Crippen molar-refractivity contribution in [2.24, 2.45) is 4.99 Å². The Morgan fingerprint density at radius 3 is 3.00 bits per heavy atom. The van der Waals surface area contributed by atoms with E-state index in [0.717, 1.165) is 5.70 Å². The van der Waals surface area contributed by atoms with Crippen LogP contribution in [0.5, 0.6) is 0 Å². The molecule has 0 aromatic heterocycles. The highest BCUT2D eigenvalue weighted by Crippen LogP contribution is 2.02. The molecule has 0 aromatic rings. The Morgan fingerprint density at radius 1 is 1.80 bits per heavy atom. The predicted octanol–water partition coefficient (Wildman–Crippen LogP) is 0.634. The Labute approximate surface area is 65.2 Å². The maximum atomic E-state index is 5.68. The molecule has 10 heavy (non-hydrogen) atoms. The van der Waals surface area contributed by atoms with Crippen LogP contribution in [0.4, 0.5) is 0 Å². The van der Waals surface area contributed by atoms with Crippen LogP contribution in [0.1, 0.15) is 6.92 Å². The van der Waals surface area contributed by atoms with Gasteiger partial charge in [-0.1, -0.05) is 11.6 Å². The molecule has 0 bridgehead atoms. The van der Waals surface area contributed by atoms with Crippen LogP contribution < -0.4 is 10.6 Å². The van der Waals surface area contributed by atoms with Crippen LogP contribution in [0, 0.1) is 0 Å². The van der Waals surface area contributed by atoms with Crippen molar-refractivity contribution in [1.82, 2.24) is 10.6 Å². The Kier molecular flexibility index (Phi) is 2.29. The SMILES string of the molecule is CNC1N=C(Cl)C=C(C)N1. The van der Waals surface area contributed by atoms with Crippen molar-refractivity contribution in [3.63, 3.8) is 0 Å². The standard InChI is InChI=1S/C6H10ClN3/c1-4-3-5(7)10-6(8-2)9-4/h3,6,8-9H,1-2H3. The lowest BCUT2D eigenvalue weighted by Gasteiger charge is -2.18. The van der Waals surface area contributed by atoms with Crippen LogP contribution in [-0.4, -0.2) is 18.5 Å². The fraction of sp³-hybridized carbons (Fsp3) is 0.500. The van der Waals surface area contributed by atoms with Gasteiger partial charge in [0, 0.05) is 5.70 Å². The van der Waals surface area contributed by atoms with Crippen LogP contribution in [0.15, 0.2) is 16.8 Å². The third-order valence-corrected chi connectivity index (χ3v) is 1.43. The number of halogens is 1. The summed E-state index contributed by atoms with van der Waals surface area (Å²) in [6.45, 7) is 1.95. The molecule has 1 aliphatic heterocycles. The van der Waals surface area contributed by atoms with Gasteiger partial charge in [-0.25, -0.2) is 4.99 Å². The zero-order chi connectivity index (χ0) is 7.56. The molecule has 1 unspecified atom stereocenters. The molecule has 0 amide bonds. The minimum atomic E-state index is -0.0718. The molecular formula is C6H10ClN3. The Bertz CT molecular complexity index is 185. The number of allylic oxidation sites excluding steroid dienone is 2. The number of rotatable bonds is 1. The molecular weight excluding hydrogens is 150 g/mol. The highest BCUT2D eigenvalue weighted by Gasteiger charge is 2.07. The van der Waals surface area contributed by atoms with Gasteiger partial charge in [-0.05, 0) is 20.0 Å². The van der Waals surface area contributed by atoms with Gasteiger partial charge in [-0.3, -0.25) is 5.32 Å².